The molecule has 0 N–H and O–H groups in total. The van der Waals surface area contributed by atoms with E-state index in [1.54, 1.807) is 24.0 Å². The highest BCUT2D eigenvalue weighted by atomic mass is 35.5. The number of fused-ring (bicyclic) bond motifs is 1. The summed E-state index contributed by atoms with van der Waals surface area (Å²) in [5.41, 5.74) is 1.65. The van der Waals surface area contributed by atoms with Gasteiger partial charge < -0.3 is 0 Å². The van der Waals surface area contributed by atoms with E-state index >= 15 is 0 Å². The third-order valence-electron chi connectivity index (χ3n) is 5.31. The fourth-order valence-electron chi connectivity index (χ4n) is 3.73. The van der Waals surface area contributed by atoms with Gasteiger partial charge in [0.1, 0.15) is 0 Å². The lowest BCUT2D eigenvalue weighted by molar-refractivity contribution is 0.699. The molecule has 1 saturated carbocycles. The van der Waals surface area contributed by atoms with E-state index in [1.165, 1.54) is 4.57 Å². The highest BCUT2D eigenvalue weighted by Gasteiger charge is 2.30. The lowest BCUT2D eigenvalue weighted by atomic mass is 10.1. The van der Waals surface area contributed by atoms with Crippen LogP contribution in [0.25, 0.3) is 11.8 Å². The first kappa shape index (κ1) is 17.5. The lowest BCUT2D eigenvalue weighted by Gasteiger charge is -2.20. The van der Waals surface area contributed by atoms with Crippen molar-refractivity contribution in [1.29, 1.82) is 0 Å². The van der Waals surface area contributed by atoms with Crippen LogP contribution in [0.2, 0.25) is 5.02 Å². The third kappa shape index (κ3) is 2.59. The number of benzene rings is 1. The minimum atomic E-state index is -1.07. The summed E-state index contributed by atoms with van der Waals surface area (Å²) >= 11 is 6.42. The molecule has 5 rings (SSSR count). The van der Waals surface area contributed by atoms with Crippen molar-refractivity contribution in [3.63, 3.8) is 0 Å². The second-order valence-corrected chi connectivity index (χ2v) is 9.44. The molecule has 1 aliphatic carbocycles. The number of aromatic nitrogens is 3. The summed E-state index contributed by atoms with van der Waals surface area (Å²) in [7, 11) is 0.640. The Morgan fingerprint density at radius 2 is 1.96 bits per heavy atom. The quantitative estimate of drug-likeness (QED) is 0.666. The predicted octanol–water partition coefficient (Wildman–Crippen LogP) is 3.87. The second-order valence-electron chi connectivity index (χ2n) is 7.06. The summed E-state index contributed by atoms with van der Waals surface area (Å²) in [5, 5.41) is 2.63. The van der Waals surface area contributed by atoms with Gasteiger partial charge in [-0.15, -0.1) is 0 Å². The zero-order valence-corrected chi connectivity index (χ0v) is 16.8. The molecule has 2 aliphatic rings. The monoisotopic (exact) mass is 411 g/mol. The van der Waals surface area contributed by atoms with E-state index in [2.05, 4.69) is 4.98 Å². The summed E-state index contributed by atoms with van der Waals surface area (Å²) in [6, 6.07) is 9.49. The Labute approximate surface area is 169 Å². The summed E-state index contributed by atoms with van der Waals surface area (Å²) in [6.07, 6.45) is 7.36. The lowest BCUT2D eigenvalue weighted by Crippen LogP contribution is -2.40. The van der Waals surface area contributed by atoms with Crippen LogP contribution in [0.4, 0.5) is 0 Å². The molecule has 1 fully saturated rings. The van der Waals surface area contributed by atoms with Crippen LogP contribution in [0.5, 0.6) is 0 Å². The van der Waals surface area contributed by atoms with Crippen molar-refractivity contribution < 1.29 is 0 Å². The van der Waals surface area contributed by atoms with E-state index in [-0.39, 0.29) is 11.2 Å². The van der Waals surface area contributed by atoms with Gasteiger partial charge in [0.05, 0.1) is 27.5 Å². The molecule has 0 amide bonds. The highest BCUT2D eigenvalue weighted by Crippen LogP contribution is 2.52. The smallest absolute Gasteiger partial charge is 0.295 e. The topological polar surface area (TPSA) is 56.9 Å². The Balaban J connectivity index is 1.79. The average molecular weight is 412 g/mol. The first-order valence-electron chi connectivity index (χ1n) is 9.10. The Bertz CT molecular complexity index is 1260. The van der Waals surface area contributed by atoms with Crippen molar-refractivity contribution in [1.82, 2.24) is 14.1 Å². The molecule has 0 radical (unpaired) electrons. The maximum absolute atomic E-state index is 13.6. The molecule has 7 heteroatoms. The molecule has 2 aromatic heterocycles. The summed E-state index contributed by atoms with van der Waals surface area (Å²) in [6.45, 7) is 0. The standard InChI is InChI=1S/C21H18ClN3O2S/c1-24-16-9-11-28(18-5-3-2-4-15(18)22)19(16)20(26)25(21(24)27)17-12-23-10-8-14(17)13-6-7-13/h2-5,8-13,28H,6-7H2,1H3. The number of halogens is 1. The van der Waals surface area contributed by atoms with Gasteiger partial charge in [0.25, 0.3) is 5.56 Å². The van der Waals surface area contributed by atoms with Crippen molar-refractivity contribution in [2.45, 2.75) is 28.6 Å². The van der Waals surface area contributed by atoms with E-state index in [9.17, 15) is 9.59 Å². The number of thiol groups is 1. The predicted molar refractivity (Wildman–Crippen MR) is 113 cm³/mol. The summed E-state index contributed by atoms with van der Waals surface area (Å²) in [4.78, 5) is 32.4. The van der Waals surface area contributed by atoms with E-state index in [4.69, 9.17) is 11.6 Å². The maximum Gasteiger partial charge on any atom is 0.335 e. The number of nitrogens with zero attached hydrogens (tertiary/aromatic N) is 3. The number of hydrogen-bond acceptors (Lipinski definition) is 3. The molecule has 0 bridgehead atoms. The molecule has 3 heterocycles. The van der Waals surface area contributed by atoms with Gasteiger partial charge in [-0.05, 0) is 54.0 Å². The zero-order valence-electron chi connectivity index (χ0n) is 15.2. The Hall–Kier alpha value is -2.57. The maximum atomic E-state index is 13.6. The highest BCUT2D eigenvalue weighted by molar-refractivity contribution is 8.20. The first-order valence-corrected chi connectivity index (χ1v) is 10.9. The van der Waals surface area contributed by atoms with Gasteiger partial charge in [-0.1, -0.05) is 23.7 Å². The van der Waals surface area contributed by atoms with Gasteiger partial charge in [-0.3, -0.25) is 14.3 Å². The average Bonchev–Trinajstić information content (AvgIpc) is 3.45. The first-order chi connectivity index (χ1) is 13.6. The molecule has 1 atom stereocenters. The molecule has 5 nitrogen and oxygen atoms in total. The van der Waals surface area contributed by atoms with Crippen LogP contribution in [-0.2, 0) is 7.05 Å². The number of pyridine rings is 1. The number of hydrogen-bond donors (Lipinski definition) is 1. The molecule has 3 aromatic rings. The fourth-order valence-corrected chi connectivity index (χ4v) is 6.31. The molecule has 1 aliphatic heterocycles. The van der Waals surface area contributed by atoms with Crippen molar-refractivity contribution in [3.8, 4) is 5.69 Å². The molecule has 1 aromatic carbocycles. The van der Waals surface area contributed by atoms with Crippen LogP contribution in [0, 0.1) is 0 Å². The van der Waals surface area contributed by atoms with Crippen molar-refractivity contribution in [2.24, 2.45) is 7.05 Å². The normalized spacial score (nSPS) is 19.0. The Morgan fingerprint density at radius 3 is 2.71 bits per heavy atom. The minimum Gasteiger partial charge on any atom is -0.295 e. The van der Waals surface area contributed by atoms with Gasteiger partial charge in [0.15, 0.2) is 0 Å². The van der Waals surface area contributed by atoms with Crippen LogP contribution >= 0.6 is 22.5 Å². The summed E-state index contributed by atoms with van der Waals surface area (Å²) < 4.78 is 2.84. The van der Waals surface area contributed by atoms with Crippen LogP contribution in [0.15, 0.2) is 67.5 Å². The SMILES string of the molecule is Cn1c2c(c(=O)n(-c3cnccc3C3CC3)c1=O)[SH](c1ccccc1Cl)C=C2. The largest absolute Gasteiger partial charge is 0.335 e. The van der Waals surface area contributed by atoms with E-state index < -0.39 is 10.9 Å². The molecule has 142 valence electrons. The van der Waals surface area contributed by atoms with Gasteiger partial charge in [-0.2, -0.15) is 10.9 Å². The van der Waals surface area contributed by atoms with Crippen molar-refractivity contribution in [2.75, 3.05) is 0 Å². The van der Waals surface area contributed by atoms with Crippen molar-refractivity contribution >= 4 is 28.6 Å². The van der Waals surface area contributed by atoms with E-state index in [0.29, 0.717) is 27.2 Å². The second kappa shape index (κ2) is 6.50. The van der Waals surface area contributed by atoms with Gasteiger partial charge in [0, 0.05) is 18.1 Å². The fraction of sp³-hybridized carbons (Fsp3) is 0.190. The van der Waals surface area contributed by atoms with Crippen LogP contribution in [0.1, 0.15) is 30.0 Å². The molecular formula is C21H18ClN3O2S. The van der Waals surface area contributed by atoms with Crippen LogP contribution in [-0.4, -0.2) is 14.1 Å². The van der Waals surface area contributed by atoms with Gasteiger partial charge in [0.2, 0.25) is 0 Å². The van der Waals surface area contributed by atoms with E-state index in [0.717, 1.165) is 23.3 Å². The third-order valence-corrected chi connectivity index (χ3v) is 8.03. The van der Waals surface area contributed by atoms with Crippen LogP contribution in [0.3, 0.4) is 0 Å². The summed E-state index contributed by atoms with van der Waals surface area (Å²) in [5.74, 6) is 0.395. The molecule has 0 spiro atoms. The zero-order chi connectivity index (χ0) is 19.4. The molecule has 1 unspecified atom stereocenters. The molecule has 0 saturated heterocycles. The van der Waals surface area contributed by atoms with Gasteiger partial charge in [-0.25, -0.2) is 9.36 Å². The Kier molecular flexibility index (Phi) is 4.07. The van der Waals surface area contributed by atoms with Gasteiger partial charge >= 0.3 is 5.69 Å². The van der Waals surface area contributed by atoms with E-state index in [1.807, 2.05) is 41.8 Å². The molecular weight excluding hydrogens is 394 g/mol. The Morgan fingerprint density at radius 1 is 1.18 bits per heavy atom. The van der Waals surface area contributed by atoms with Crippen LogP contribution < -0.4 is 11.2 Å². The number of rotatable bonds is 3. The van der Waals surface area contributed by atoms with Crippen molar-refractivity contribution in [3.05, 3.63) is 85.3 Å². The minimum absolute atomic E-state index is 0.274. The molecule has 28 heavy (non-hydrogen) atoms.